The standard InChI is InChI=1S/C17H24FN3/c1-19-17(20-12-11-14-5-3-2-4-6-14)21-13-15-7-9-16(18)10-8-15/h5,7-10H,2-4,6,11-13H2,1H3,(H2,19,20,21). The molecule has 2 N–H and O–H groups in total. The van der Waals surface area contributed by atoms with Crippen molar-refractivity contribution in [2.75, 3.05) is 13.6 Å². The van der Waals surface area contributed by atoms with Crippen LogP contribution in [0.15, 0.2) is 40.9 Å². The van der Waals surface area contributed by atoms with Crippen molar-refractivity contribution >= 4 is 5.96 Å². The van der Waals surface area contributed by atoms with Crippen LogP contribution in [0.3, 0.4) is 0 Å². The molecule has 1 aromatic rings. The molecule has 0 bridgehead atoms. The number of nitrogens with zero attached hydrogens (tertiary/aromatic N) is 1. The van der Waals surface area contributed by atoms with Crippen molar-refractivity contribution in [1.82, 2.24) is 10.6 Å². The van der Waals surface area contributed by atoms with Crippen molar-refractivity contribution in [2.45, 2.75) is 38.6 Å². The van der Waals surface area contributed by atoms with E-state index < -0.39 is 0 Å². The van der Waals surface area contributed by atoms with Crippen molar-refractivity contribution in [3.63, 3.8) is 0 Å². The summed E-state index contributed by atoms with van der Waals surface area (Å²) in [4.78, 5) is 4.20. The van der Waals surface area contributed by atoms with Crippen molar-refractivity contribution < 1.29 is 4.39 Å². The molecule has 1 aliphatic rings. The van der Waals surface area contributed by atoms with Crippen LogP contribution in [0.1, 0.15) is 37.7 Å². The zero-order chi connectivity index (χ0) is 14.9. The number of aliphatic imine (C=N–C) groups is 1. The van der Waals surface area contributed by atoms with Gasteiger partial charge in [-0.3, -0.25) is 4.99 Å². The van der Waals surface area contributed by atoms with Gasteiger partial charge in [0.05, 0.1) is 0 Å². The zero-order valence-corrected chi connectivity index (χ0v) is 12.7. The maximum Gasteiger partial charge on any atom is 0.191 e. The van der Waals surface area contributed by atoms with Crippen LogP contribution in [0.4, 0.5) is 4.39 Å². The average molecular weight is 289 g/mol. The van der Waals surface area contributed by atoms with E-state index in [9.17, 15) is 4.39 Å². The molecular formula is C17H24FN3. The van der Waals surface area contributed by atoms with Crippen LogP contribution in [0, 0.1) is 5.82 Å². The fraction of sp³-hybridized carbons (Fsp3) is 0.471. The van der Waals surface area contributed by atoms with E-state index in [0.717, 1.165) is 24.5 Å². The first-order valence-corrected chi connectivity index (χ1v) is 7.65. The second-order valence-corrected chi connectivity index (χ2v) is 5.34. The second kappa shape index (κ2) is 8.45. The molecule has 21 heavy (non-hydrogen) atoms. The predicted octanol–water partition coefficient (Wildman–Crippen LogP) is 3.38. The van der Waals surface area contributed by atoms with Crippen LogP contribution in [-0.2, 0) is 6.54 Å². The fourth-order valence-electron chi connectivity index (χ4n) is 2.48. The van der Waals surface area contributed by atoms with Gasteiger partial charge in [-0.2, -0.15) is 0 Å². The number of hydrogen-bond acceptors (Lipinski definition) is 1. The van der Waals surface area contributed by atoms with Crippen LogP contribution < -0.4 is 10.6 Å². The lowest BCUT2D eigenvalue weighted by Crippen LogP contribution is -2.37. The van der Waals surface area contributed by atoms with Crippen LogP contribution in [-0.4, -0.2) is 19.6 Å². The smallest absolute Gasteiger partial charge is 0.191 e. The van der Waals surface area contributed by atoms with Gasteiger partial charge in [0.25, 0.3) is 0 Å². The van der Waals surface area contributed by atoms with Crippen molar-refractivity contribution in [1.29, 1.82) is 0 Å². The lowest BCUT2D eigenvalue weighted by atomic mass is 9.97. The topological polar surface area (TPSA) is 36.4 Å². The third kappa shape index (κ3) is 5.58. The molecule has 1 aliphatic carbocycles. The molecule has 0 saturated carbocycles. The summed E-state index contributed by atoms with van der Waals surface area (Å²) >= 11 is 0. The van der Waals surface area contributed by atoms with Crippen LogP contribution in [0.25, 0.3) is 0 Å². The van der Waals surface area contributed by atoms with Gasteiger partial charge in [0.15, 0.2) is 5.96 Å². The Morgan fingerprint density at radius 1 is 1.19 bits per heavy atom. The van der Waals surface area contributed by atoms with Crippen molar-refractivity contribution in [3.05, 3.63) is 47.3 Å². The fourth-order valence-corrected chi connectivity index (χ4v) is 2.48. The average Bonchev–Trinajstić information content (AvgIpc) is 2.53. The van der Waals surface area contributed by atoms with Crippen LogP contribution >= 0.6 is 0 Å². The van der Waals surface area contributed by atoms with Gasteiger partial charge in [0, 0.05) is 20.1 Å². The molecule has 0 atom stereocenters. The molecule has 0 amide bonds. The highest BCUT2D eigenvalue weighted by atomic mass is 19.1. The summed E-state index contributed by atoms with van der Waals surface area (Å²) < 4.78 is 12.8. The van der Waals surface area contributed by atoms with Gasteiger partial charge in [-0.1, -0.05) is 23.8 Å². The molecule has 2 rings (SSSR count). The Hall–Kier alpha value is -1.84. The highest BCUT2D eigenvalue weighted by Crippen LogP contribution is 2.19. The SMILES string of the molecule is CN=C(NCCC1=CCCCC1)NCc1ccc(F)cc1. The first-order chi connectivity index (χ1) is 10.3. The molecule has 0 aliphatic heterocycles. The third-order valence-corrected chi connectivity index (χ3v) is 3.72. The highest BCUT2D eigenvalue weighted by molar-refractivity contribution is 5.79. The van der Waals surface area contributed by atoms with Crippen LogP contribution in [0.2, 0.25) is 0 Å². The summed E-state index contributed by atoms with van der Waals surface area (Å²) in [5.41, 5.74) is 2.59. The number of hydrogen-bond donors (Lipinski definition) is 2. The summed E-state index contributed by atoms with van der Waals surface area (Å²) in [6, 6.07) is 6.51. The van der Waals surface area contributed by atoms with Gasteiger partial charge in [-0.05, 0) is 49.8 Å². The van der Waals surface area contributed by atoms with Gasteiger partial charge in [0.1, 0.15) is 5.82 Å². The van der Waals surface area contributed by atoms with E-state index in [-0.39, 0.29) is 5.82 Å². The quantitative estimate of drug-likeness (QED) is 0.495. The Bertz CT molecular complexity index is 491. The minimum Gasteiger partial charge on any atom is -0.356 e. The summed E-state index contributed by atoms with van der Waals surface area (Å²) in [6.07, 6.45) is 8.58. The molecule has 0 aromatic heterocycles. The van der Waals surface area contributed by atoms with E-state index in [4.69, 9.17) is 0 Å². The van der Waals surface area contributed by atoms with E-state index in [2.05, 4.69) is 21.7 Å². The third-order valence-electron chi connectivity index (χ3n) is 3.72. The first-order valence-electron chi connectivity index (χ1n) is 7.65. The van der Waals surface area contributed by atoms with Gasteiger partial charge >= 0.3 is 0 Å². The number of allylic oxidation sites excluding steroid dienone is 1. The van der Waals surface area contributed by atoms with Gasteiger partial charge < -0.3 is 10.6 Å². The van der Waals surface area contributed by atoms with Crippen LogP contribution in [0.5, 0.6) is 0 Å². The van der Waals surface area contributed by atoms with E-state index >= 15 is 0 Å². The van der Waals surface area contributed by atoms with E-state index in [1.807, 2.05) is 0 Å². The number of rotatable bonds is 5. The van der Waals surface area contributed by atoms with E-state index in [1.54, 1.807) is 24.8 Å². The number of benzene rings is 1. The Balaban J connectivity index is 1.70. The molecular weight excluding hydrogens is 265 g/mol. The highest BCUT2D eigenvalue weighted by Gasteiger charge is 2.04. The Kier molecular flexibility index (Phi) is 6.25. The molecule has 114 valence electrons. The van der Waals surface area contributed by atoms with Crippen molar-refractivity contribution in [3.8, 4) is 0 Å². The monoisotopic (exact) mass is 289 g/mol. The Morgan fingerprint density at radius 3 is 2.67 bits per heavy atom. The summed E-state index contributed by atoms with van der Waals surface area (Å²) in [6.45, 7) is 1.54. The largest absolute Gasteiger partial charge is 0.356 e. The maximum absolute atomic E-state index is 12.8. The molecule has 0 fully saturated rings. The summed E-state index contributed by atoms with van der Waals surface area (Å²) in [5.74, 6) is 0.581. The second-order valence-electron chi connectivity index (χ2n) is 5.34. The van der Waals surface area contributed by atoms with Gasteiger partial charge in [-0.15, -0.1) is 0 Å². The lowest BCUT2D eigenvalue weighted by molar-refractivity contribution is 0.626. The molecule has 0 saturated heterocycles. The zero-order valence-electron chi connectivity index (χ0n) is 12.7. The first kappa shape index (κ1) is 15.5. The predicted molar refractivity (Wildman–Crippen MR) is 85.8 cm³/mol. The number of halogens is 1. The minimum atomic E-state index is -0.206. The molecule has 4 heteroatoms. The molecule has 3 nitrogen and oxygen atoms in total. The molecule has 0 heterocycles. The van der Waals surface area contributed by atoms with E-state index in [0.29, 0.717) is 6.54 Å². The maximum atomic E-state index is 12.8. The lowest BCUT2D eigenvalue weighted by Gasteiger charge is -2.15. The summed E-state index contributed by atoms with van der Waals surface area (Å²) in [7, 11) is 1.76. The Labute approximate surface area is 126 Å². The number of guanidine groups is 1. The van der Waals surface area contributed by atoms with E-state index in [1.165, 1.54) is 37.8 Å². The minimum absolute atomic E-state index is 0.206. The Morgan fingerprint density at radius 2 is 2.00 bits per heavy atom. The normalized spacial score (nSPS) is 15.5. The molecule has 0 unspecified atom stereocenters. The summed E-state index contributed by atoms with van der Waals surface area (Å²) in [5, 5.41) is 6.56. The molecule has 1 aromatic carbocycles. The van der Waals surface area contributed by atoms with Gasteiger partial charge in [0.2, 0.25) is 0 Å². The number of nitrogens with one attached hydrogen (secondary N) is 2. The molecule has 0 spiro atoms. The van der Waals surface area contributed by atoms with Gasteiger partial charge in [-0.25, -0.2) is 4.39 Å². The molecule has 0 radical (unpaired) electrons. The van der Waals surface area contributed by atoms with Crippen molar-refractivity contribution in [2.24, 2.45) is 4.99 Å².